The summed E-state index contributed by atoms with van der Waals surface area (Å²) in [6.07, 6.45) is 0.662. The first-order chi connectivity index (χ1) is 12.9. The number of benzene rings is 2. The Bertz CT molecular complexity index is 1010. The number of sulfonamides is 1. The van der Waals surface area contributed by atoms with E-state index < -0.39 is 15.8 Å². The van der Waals surface area contributed by atoms with Gasteiger partial charge < -0.3 is 14.8 Å². The zero-order valence-electron chi connectivity index (χ0n) is 14.3. The van der Waals surface area contributed by atoms with Crippen molar-refractivity contribution in [1.82, 2.24) is 0 Å². The zero-order valence-corrected chi connectivity index (χ0v) is 15.1. The van der Waals surface area contributed by atoms with Crippen LogP contribution in [0, 0.1) is 5.82 Å². The number of amides is 1. The van der Waals surface area contributed by atoms with E-state index in [1.165, 1.54) is 18.2 Å². The molecule has 1 N–H and O–H groups in total. The molecule has 2 aromatic rings. The Kier molecular flexibility index (Phi) is 4.39. The van der Waals surface area contributed by atoms with Crippen LogP contribution in [0.3, 0.4) is 0 Å². The van der Waals surface area contributed by atoms with Crippen LogP contribution >= 0.6 is 0 Å². The van der Waals surface area contributed by atoms with Crippen LogP contribution in [0.25, 0.3) is 0 Å². The molecule has 9 heteroatoms. The molecule has 4 rings (SSSR count). The minimum atomic E-state index is -4.00. The highest BCUT2D eigenvalue weighted by Gasteiger charge is 2.31. The molecule has 142 valence electrons. The summed E-state index contributed by atoms with van der Waals surface area (Å²) >= 11 is 0. The normalized spacial score (nSPS) is 16.8. The van der Waals surface area contributed by atoms with E-state index in [9.17, 15) is 17.6 Å². The Morgan fingerprint density at radius 3 is 2.63 bits per heavy atom. The summed E-state index contributed by atoms with van der Waals surface area (Å²) in [5, 5.41) is 2.55. The number of hydrogen-bond acceptors (Lipinski definition) is 5. The lowest BCUT2D eigenvalue weighted by Gasteiger charge is -2.24. The van der Waals surface area contributed by atoms with E-state index in [1.54, 1.807) is 6.07 Å². The second-order valence-electron chi connectivity index (χ2n) is 6.20. The maximum Gasteiger partial charge on any atom is 0.264 e. The molecule has 2 aliphatic rings. The van der Waals surface area contributed by atoms with E-state index in [1.807, 2.05) is 0 Å². The van der Waals surface area contributed by atoms with Gasteiger partial charge in [0.05, 0.1) is 29.5 Å². The molecule has 0 bridgehead atoms. The fourth-order valence-electron chi connectivity index (χ4n) is 3.04. The van der Waals surface area contributed by atoms with Crippen LogP contribution in [0.1, 0.15) is 12.8 Å². The minimum absolute atomic E-state index is 0.0105. The van der Waals surface area contributed by atoms with E-state index >= 15 is 0 Å². The van der Waals surface area contributed by atoms with Gasteiger partial charge in [0.1, 0.15) is 5.82 Å². The average molecular weight is 392 g/mol. The highest BCUT2D eigenvalue weighted by Crippen LogP contribution is 2.37. The van der Waals surface area contributed by atoms with Gasteiger partial charge in [-0.25, -0.2) is 12.8 Å². The molecule has 0 unspecified atom stereocenters. The Morgan fingerprint density at radius 2 is 1.81 bits per heavy atom. The van der Waals surface area contributed by atoms with Gasteiger partial charge in [-0.3, -0.25) is 9.10 Å². The molecule has 7 nitrogen and oxygen atoms in total. The fourth-order valence-corrected chi connectivity index (χ4v) is 4.54. The number of nitrogens with one attached hydrogen (secondary N) is 1. The van der Waals surface area contributed by atoms with E-state index in [0.29, 0.717) is 31.1 Å². The van der Waals surface area contributed by atoms with Crippen LogP contribution < -0.4 is 19.1 Å². The summed E-state index contributed by atoms with van der Waals surface area (Å²) in [5.74, 6) is -0.0966. The Morgan fingerprint density at radius 1 is 1.04 bits per heavy atom. The highest BCUT2D eigenvalue weighted by atomic mass is 32.2. The molecular weight excluding hydrogens is 375 g/mol. The van der Waals surface area contributed by atoms with Gasteiger partial charge in [-0.2, -0.15) is 0 Å². The maximum atomic E-state index is 13.6. The number of hydrogen-bond donors (Lipinski definition) is 1. The van der Waals surface area contributed by atoms with Gasteiger partial charge in [0.15, 0.2) is 11.5 Å². The molecule has 2 aromatic carbocycles. The summed E-state index contributed by atoms with van der Waals surface area (Å²) in [6.45, 7) is 0.875. The predicted molar refractivity (Wildman–Crippen MR) is 96.2 cm³/mol. The van der Waals surface area contributed by atoms with Gasteiger partial charge in [-0.15, -0.1) is 0 Å². The van der Waals surface area contributed by atoms with Crippen molar-refractivity contribution in [1.29, 1.82) is 0 Å². The van der Waals surface area contributed by atoms with Crippen LogP contribution in [-0.2, 0) is 14.8 Å². The molecule has 0 spiro atoms. The number of nitrogens with zero attached hydrogens (tertiary/aromatic N) is 1. The molecule has 0 fully saturated rings. The first kappa shape index (κ1) is 17.6. The number of anilines is 2. The summed E-state index contributed by atoms with van der Waals surface area (Å²) < 4.78 is 52.3. The largest absolute Gasteiger partial charge is 0.490 e. The van der Waals surface area contributed by atoms with Crippen molar-refractivity contribution >= 4 is 27.3 Å². The van der Waals surface area contributed by atoms with E-state index in [4.69, 9.17) is 9.47 Å². The number of fused-ring (bicyclic) bond motifs is 2. The lowest BCUT2D eigenvalue weighted by atomic mass is 10.2. The van der Waals surface area contributed by atoms with Crippen LogP contribution in [-0.4, -0.2) is 34.1 Å². The Hall–Kier alpha value is -2.81. The van der Waals surface area contributed by atoms with Gasteiger partial charge in [-0.1, -0.05) is 0 Å². The van der Waals surface area contributed by atoms with Crippen molar-refractivity contribution < 1.29 is 27.1 Å². The maximum absolute atomic E-state index is 13.6. The summed E-state index contributed by atoms with van der Waals surface area (Å²) in [7, 11) is -4.00. The molecule has 2 heterocycles. The van der Waals surface area contributed by atoms with E-state index in [0.717, 1.165) is 16.4 Å². The molecule has 0 atom stereocenters. The minimum Gasteiger partial charge on any atom is -0.490 e. The topological polar surface area (TPSA) is 84.9 Å². The number of halogens is 1. The fraction of sp³-hybridized carbons (Fsp3) is 0.278. The van der Waals surface area contributed by atoms with Gasteiger partial charge in [0.2, 0.25) is 5.91 Å². The van der Waals surface area contributed by atoms with Crippen LogP contribution in [0.2, 0.25) is 0 Å². The summed E-state index contributed by atoms with van der Waals surface area (Å²) in [6, 6.07) is 8.02. The van der Waals surface area contributed by atoms with Crippen LogP contribution in [0.5, 0.6) is 11.5 Å². The second-order valence-corrected chi connectivity index (χ2v) is 8.06. The smallest absolute Gasteiger partial charge is 0.264 e. The quantitative estimate of drug-likeness (QED) is 0.849. The number of ether oxygens (including phenoxy) is 2. The number of carbonyl (C=O) groups excluding carboxylic acids is 1. The van der Waals surface area contributed by atoms with Gasteiger partial charge >= 0.3 is 0 Å². The number of carbonyl (C=O) groups is 1. The predicted octanol–water partition coefficient (Wildman–Crippen LogP) is 2.52. The van der Waals surface area contributed by atoms with Crippen LogP contribution in [0.4, 0.5) is 15.8 Å². The average Bonchev–Trinajstić information content (AvgIpc) is 2.96. The van der Waals surface area contributed by atoms with Gasteiger partial charge in [0, 0.05) is 25.5 Å². The van der Waals surface area contributed by atoms with Gasteiger partial charge in [-0.05, 0) is 30.3 Å². The van der Waals surface area contributed by atoms with Crippen molar-refractivity contribution in [2.45, 2.75) is 17.7 Å². The molecular formula is C18H17FN2O5S. The first-order valence-electron chi connectivity index (χ1n) is 8.47. The monoisotopic (exact) mass is 392 g/mol. The lowest BCUT2D eigenvalue weighted by molar-refractivity contribution is -0.115. The van der Waals surface area contributed by atoms with Crippen molar-refractivity contribution in [2.75, 3.05) is 29.4 Å². The third kappa shape index (κ3) is 3.30. The SMILES string of the molecule is O=C1CCN(S(=O)(=O)c2ccc3c(c2)OCCCO3)c2ccc(F)cc2N1. The molecule has 0 saturated heterocycles. The van der Waals surface area contributed by atoms with E-state index in [2.05, 4.69) is 5.32 Å². The van der Waals surface area contributed by atoms with E-state index in [-0.39, 0.29) is 35.1 Å². The second kappa shape index (κ2) is 6.73. The number of rotatable bonds is 2. The lowest BCUT2D eigenvalue weighted by Crippen LogP contribution is -2.32. The van der Waals surface area contributed by atoms with Crippen molar-refractivity contribution in [3.05, 3.63) is 42.2 Å². The molecule has 2 aliphatic heterocycles. The molecule has 27 heavy (non-hydrogen) atoms. The summed E-state index contributed by atoms with van der Waals surface area (Å²) in [4.78, 5) is 11.9. The molecule has 0 aliphatic carbocycles. The molecule has 0 radical (unpaired) electrons. The Balaban J connectivity index is 1.78. The Labute approximate surface area is 155 Å². The molecule has 1 amide bonds. The first-order valence-corrected chi connectivity index (χ1v) is 9.91. The van der Waals surface area contributed by atoms with Crippen molar-refractivity contribution in [2.24, 2.45) is 0 Å². The zero-order chi connectivity index (χ0) is 19.0. The van der Waals surface area contributed by atoms with Crippen molar-refractivity contribution in [3.8, 4) is 11.5 Å². The van der Waals surface area contributed by atoms with Crippen LogP contribution in [0.15, 0.2) is 41.3 Å². The summed E-state index contributed by atoms with van der Waals surface area (Å²) in [5.41, 5.74) is 0.338. The van der Waals surface area contributed by atoms with Crippen molar-refractivity contribution in [3.63, 3.8) is 0 Å². The standard InChI is InChI=1S/C18H17FN2O5S/c19-12-2-4-15-14(10-12)20-18(22)6-7-21(15)27(23,24)13-3-5-16-17(11-13)26-9-1-8-25-16/h2-5,10-11H,1,6-9H2,(H,20,22). The molecule has 0 saturated carbocycles. The highest BCUT2D eigenvalue weighted by molar-refractivity contribution is 7.92. The third-order valence-electron chi connectivity index (χ3n) is 4.35. The third-order valence-corrected chi connectivity index (χ3v) is 6.16. The molecule has 0 aromatic heterocycles. The van der Waals surface area contributed by atoms with Gasteiger partial charge in [0.25, 0.3) is 10.0 Å².